The highest BCUT2D eigenvalue weighted by atomic mass is 16.9. The Labute approximate surface area is 125 Å². The minimum absolute atomic E-state index is 0.0124. The highest BCUT2D eigenvalue weighted by Gasteiger charge is 2.51. The van der Waals surface area contributed by atoms with Crippen molar-refractivity contribution in [3.05, 3.63) is 0 Å². The van der Waals surface area contributed by atoms with Crippen LogP contribution in [-0.2, 0) is 9.47 Å². The van der Waals surface area contributed by atoms with E-state index < -0.39 is 0 Å². The molecular formula is C18H34O2. The van der Waals surface area contributed by atoms with Crippen LogP contribution >= 0.6 is 0 Å². The van der Waals surface area contributed by atoms with Gasteiger partial charge in [-0.2, -0.15) is 0 Å². The highest BCUT2D eigenvalue weighted by Crippen LogP contribution is 2.49. The van der Waals surface area contributed by atoms with Gasteiger partial charge in [-0.25, -0.2) is 0 Å². The van der Waals surface area contributed by atoms with Crippen molar-refractivity contribution in [1.29, 1.82) is 0 Å². The van der Waals surface area contributed by atoms with Crippen LogP contribution in [-0.4, -0.2) is 12.1 Å². The van der Waals surface area contributed by atoms with Crippen molar-refractivity contribution in [2.75, 3.05) is 0 Å². The zero-order valence-electron chi connectivity index (χ0n) is 14.4. The van der Waals surface area contributed by atoms with Gasteiger partial charge in [0.05, 0.1) is 0 Å². The van der Waals surface area contributed by atoms with Gasteiger partial charge < -0.3 is 9.47 Å². The van der Waals surface area contributed by atoms with Crippen molar-refractivity contribution in [1.82, 2.24) is 0 Å². The third-order valence-electron chi connectivity index (χ3n) is 5.82. The van der Waals surface area contributed by atoms with E-state index >= 15 is 0 Å². The van der Waals surface area contributed by atoms with Gasteiger partial charge in [0.15, 0.2) is 12.1 Å². The molecule has 0 unspecified atom stereocenters. The lowest BCUT2D eigenvalue weighted by molar-refractivity contribution is -0.467. The Bertz CT molecular complexity index is 317. The lowest BCUT2D eigenvalue weighted by Crippen LogP contribution is -2.58. The van der Waals surface area contributed by atoms with Gasteiger partial charge in [0.25, 0.3) is 0 Å². The van der Waals surface area contributed by atoms with Gasteiger partial charge in [-0.3, -0.25) is 0 Å². The van der Waals surface area contributed by atoms with E-state index in [-0.39, 0.29) is 12.1 Å². The zero-order valence-corrected chi connectivity index (χ0v) is 14.4. The molecule has 1 saturated heterocycles. The highest BCUT2D eigenvalue weighted by molar-refractivity contribution is 4.90. The lowest BCUT2D eigenvalue weighted by Gasteiger charge is -2.53. The Morgan fingerprint density at radius 3 is 2.25 bits per heavy atom. The second-order valence-corrected chi connectivity index (χ2v) is 8.16. The zero-order chi connectivity index (χ0) is 15.0. The first kappa shape index (κ1) is 16.3. The summed E-state index contributed by atoms with van der Waals surface area (Å²) in [5, 5.41) is 0. The van der Waals surface area contributed by atoms with E-state index in [1.165, 1.54) is 32.1 Å². The molecule has 1 aliphatic heterocycles. The van der Waals surface area contributed by atoms with Crippen molar-refractivity contribution < 1.29 is 9.47 Å². The van der Waals surface area contributed by atoms with E-state index in [0.717, 1.165) is 12.3 Å². The fourth-order valence-electron chi connectivity index (χ4n) is 4.12. The summed E-state index contributed by atoms with van der Waals surface area (Å²) >= 11 is 0. The summed E-state index contributed by atoms with van der Waals surface area (Å²) in [5.41, 5.74) is 0.303. The molecule has 1 saturated carbocycles. The first-order valence-electron chi connectivity index (χ1n) is 8.63. The Morgan fingerprint density at radius 1 is 1.00 bits per heavy atom. The molecule has 20 heavy (non-hydrogen) atoms. The van der Waals surface area contributed by atoms with E-state index in [1.807, 2.05) is 0 Å². The van der Waals surface area contributed by atoms with Gasteiger partial charge in [-0.05, 0) is 37.0 Å². The van der Waals surface area contributed by atoms with Crippen LogP contribution in [0.25, 0.3) is 0 Å². The molecule has 0 aromatic rings. The molecule has 2 rings (SSSR count). The SMILES string of the molecule is CC[C@]1(C)O[C@@H]([C@@H]2[C@H](C)CCC[C@H](C)CCC2(C)C)O1. The van der Waals surface area contributed by atoms with Crippen molar-refractivity contribution in [2.24, 2.45) is 23.2 Å². The van der Waals surface area contributed by atoms with Crippen molar-refractivity contribution in [3.8, 4) is 0 Å². The molecule has 0 aromatic heterocycles. The Hall–Kier alpha value is -0.0800. The third kappa shape index (κ3) is 3.39. The standard InChI is InChI=1S/C18H34O2/c1-7-18(6)19-16(20-18)15-14(3)10-8-9-13(2)11-12-17(15,4)5/h13-16H,7-12H2,1-6H3/t13-,14+,15-,16-,18-/m0/s1. The van der Waals surface area contributed by atoms with E-state index in [1.54, 1.807) is 0 Å². The van der Waals surface area contributed by atoms with Crippen LogP contribution in [0.3, 0.4) is 0 Å². The summed E-state index contributed by atoms with van der Waals surface area (Å²) in [6.45, 7) is 13.8. The van der Waals surface area contributed by atoms with Crippen LogP contribution in [0.4, 0.5) is 0 Å². The summed E-state index contributed by atoms with van der Waals surface area (Å²) in [4.78, 5) is 0. The van der Waals surface area contributed by atoms with Crippen LogP contribution in [0.1, 0.15) is 80.1 Å². The van der Waals surface area contributed by atoms with Gasteiger partial charge >= 0.3 is 0 Å². The molecule has 0 amide bonds. The molecule has 2 aliphatic rings. The van der Waals surface area contributed by atoms with Gasteiger partial charge in [-0.1, -0.05) is 60.3 Å². The molecule has 0 bridgehead atoms. The van der Waals surface area contributed by atoms with Crippen LogP contribution in [0, 0.1) is 23.2 Å². The van der Waals surface area contributed by atoms with E-state index in [9.17, 15) is 0 Å². The summed E-state index contributed by atoms with van der Waals surface area (Å²) in [6.07, 6.45) is 7.62. The number of hydrogen-bond acceptors (Lipinski definition) is 2. The molecule has 2 fully saturated rings. The molecule has 0 radical (unpaired) electrons. The van der Waals surface area contributed by atoms with Crippen LogP contribution in [0.5, 0.6) is 0 Å². The summed E-state index contributed by atoms with van der Waals surface area (Å²) in [6, 6.07) is 0. The van der Waals surface area contributed by atoms with Gasteiger partial charge in [0, 0.05) is 5.92 Å². The number of ether oxygens (including phenoxy) is 2. The van der Waals surface area contributed by atoms with Crippen molar-refractivity contribution in [2.45, 2.75) is 92.1 Å². The molecular weight excluding hydrogens is 248 g/mol. The average Bonchev–Trinajstić information content (AvgIpc) is 2.37. The fourth-order valence-corrected chi connectivity index (χ4v) is 4.12. The topological polar surface area (TPSA) is 18.5 Å². The first-order chi connectivity index (χ1) is 9.27. The third-order valence-corrected chi connectivity index (χ3v) is 5.82. The molecule has 0 spiro atoms. The van der Waals surface area contributed by atoms with E-state index in [0.29, 0.717) is 17.3 Å². The fraction of sp³-hybridized carbons (Fsp3) is 1.00. The monoisotopic (exact) mass is 282 g/mol. The maximum atomic E-state index is 6.16. The summed E-state index contributed by atoms with van der Waals surface area (Å²) in [5.74, 6) is 1.74. The second-order valence-electron chi connectivity index (χ2n) is 8.16. The van der Waals surface area contributed by atoms with Crippen LogP contribution in [0.15, 0.2) is 0 Å². The lowest BCUT2D eigenvalue weighted by atomic mass is 9.68. The largest absolute Gasteiger partial charge is 0.321 e. The summed E-state index contributed by atoms with van der Waals surface area (Å²) in [7, 11) is 0. The minimum atomic E-state index is -0.327. The molecule has 3 atom stereocenters. The van der Waals surface area contributed by atoms with Gasteiger partial charge in [0.1, 0.15) is 0 Å². The smallest absolute Gasteiger partial charge is 0.171 e. The second kappa shape index (κ2) is 5.96. The number of rotatable bonds is 2. The predicted octanol–water partition coefficient (Wildman–Crippen LogP) is 5.36. The van der Waals surface area contributed by atoms with Crippen LogP contribution in [0.2, 0.25) is 0 Å². The van der Waals surface area contributed by atoms with Gasteiger partial charge in [0.2, 0.25) is 0 Å². The van der Waals surface area contributed by atoms with Crippen molar-refractivity contribution in [3.63, 3.8) is 0 Å². The van der Waals surface area contributed by atoms with E-state index in [4.69, 9.17) is 9.47 Å². The van der Waals surface area contributed by atoms with Crippen LogP contribution < -0.4 is 0 Å². The molecule has 1 aliphatic carbocycles. The molecule has 2 nitrogen and oxygen atoms in total. The quantitative estimate of drug-likeness (QED) is 0.678. The molecule has 0 N–H and O–H groups in total. The first-order valence-corrected chi connectivity index (χ1v) is 8.63. The maximum absolute atomic E-state index is 6.16. The van der Waals surface area contributed by atoms with Crippen molar-refractivity contribution >= 4 is 0 Å². The molecule has 0 aromatic carbocycles. The normalized spacial score (nSPS) is 45.9. The minimum Gasteiger partial charge on any atom is -0.321 e. The van der Waals surface area contributed by atoms with Gasteiger partial charge in [-0.15, -0.1) is 0 Å². The average molecular weight is 282 g/mol. The molecule has 1 heterocycles. The molecule has 118 valence electrons. The Morgan fingerprint density at radius 2 is 1.65 bits per heavy atom. The Kier molecular flexibility index (Phi) is 4.86. The number of hydrogen-bond donors (Lipinski definition) is 0. The van der Waals surface area contributed by atoms with E-state index in [2.05, 4.69) is 41.5 Å². The Balaban J connectivity index is 2.10. The predicted molar refractivity (Wildman–Crippen MR) is 83.3 cm³/mol. The summed E-state index contributed by atoms with van der Waals surface area (Å²) < 4.78 is 12.3. The molecule has 2 heteroatoms. The maximum Gasteiger partial charge on any atom is 0.171 e.